The molecule has 0 fully saturated rings. The summed E-state index contributed by atoms with van der Waals surface area (Å²) >= 11 is 0. The van der Waals surface area contributed by atoms with Gasteiger partial charge < -0.3 is 34.2 Å². The first-order chi connectivity index (χ1) is 9.89. The number of rotatable bonds is 2. The molecule has 0 saturated heterocycles. The lowest BCUT2D eigenvalue weighted by molar-refractivity contribution is 0.225. The predicted octanol–water partition coefficient (Wildman–Crippen LogP) is 0.393. The molecule has 6 N–H and O–H groups in total. The van der Waals surface area contributed by atoms with Crippen LogP contribution in [0.15, 0.2) is 33.5 Å². The van der Waals surface area contributed by atoms with Gasteiger partial charge in [0.15, 0.2) is 11.3 Å². The van der Waals surface area contributed by atoms with E-state index >= 15 is 0 Å². The molecule has 0 aliphatic rings. The number of hydrogen-bond donors (Lipinski definition) is 6. The molecule has 1 aromatic carbocycles. The van der Waals surface area contributed by atoms with Crippen LogP contribution in [-0.2, 0) is 13.4 Å². The van der Waals surface area contributed by atoms with E-state index < -0.39 is 27.0 Å². The Balaban J connectivity index is 0.000000239. The van der Waals surface area contributed by atoms with Crippen LogP contribution in [-0.4, -0.2) is 29.8 Å². The summed E-state index contributed by atoms with van der Waals surface area (Å²) in [4.78, 5) is 41.8. The van der Waals surface area contributed by atoms with Crippen molar-refractivity contribution in [1.82, 2.24) is 0 Å². The summed E-state index contributed by atoms with van der Waals surface area (Å²) in [7, 11) is -10.1. The maximum Gasteiger partial charge on any atom is 0.478 e. The van der Waals surface area contributed by atoms with Crippen LogP contribution >= 0.6 is 15.6 Å². The van der Waals surface area contributed by atoms with Crippen molar-refractivity contribution in [3.8, 4) is 11.5 Å². The van der Waals surface area contributed by atoms with Crippen molar-refractivity contribution < 1.29 is 47.6 Å². The van der Waals surface area contributed by atoms with Gasteiger partial charge in [-0.2, -0.15) is 4.31 Å². The van der Waals surface area contributed by atoms with Crippen molar-refractivity contribution in [2.24, 2.45) is 0 Å². The summed E-state index contributed by atoms with van der Waals surface area (Å²) in [6.45, 7) is 0. The monoisotopic (exact) mass is 356 g/mol. The van der Waals surface area contributed by atoms with Gasteiger partial charge in [0, 0.05) is 11.5 Å². The molecule has 0 amide bonds. The highest BCUT2D eigenvalue weighted by atomic mass is 31.3. The molecule has 0 aliphatic carbocycles. The average molecular weight is 356 g/mol. The number of hydrogen-bond acceptors (Lipinski definition) is 7. The fourth-order valence-electron chi connectivity index (χ4n) is 1.25. The first-order valence-corrected chi connectivity index (χ1v) is 8.22. The Hall–Kier alpha value is -1.71. The number of benzene rings is 1. The van der Waals surface area contributed by atoms with E-state index in [0.717, 1.165) is 0 Å². The minimum Gasteiger partial charge on any atom is -0.504 e. The van der Waals surface area contributed by atoms with Crippen LogP contribution in [0.3, 0.4) is 0 Å². The number of phenolic OH excluding ortho intramolecular Hbond substituents is 2. The maximum atomic E-state index is 10.8. The summed E-state index contributed by atoms with van der Waals surface area (Å²) in [6.07, 6.45) is 0. The maximum absolute atomic E-state index is 10.8. The zero-order chi connectivity index (χ0) is 17.1. The number of aromatic hydroxyl groups is 2. The second-order valence-electron chi connectivity index (χ2n) is 3.67. The quantitative estimate of drug-likeness (QED) is 0.247. The standard InChI is InChI=1S/C9H6O4.H4O7P2/c10-6-3-1-5-2-4-7(11)13-9(5)8(6)12;1-8(2,3)7-9(4,5)6/h1-4,10,12H;(H2,1,2,3)(H2,4,5,6). The molecule has 0 unspecified atom stereocenters. The van der Waals surface area contributed by atoms with Gasteiger partial charge in [-0.25, -0.2) is 13.9 Å². The molecule has 13 heteroatoms. The lowest BCUT2D eigenvalue weighted by atomic mass is 10.2. The highest BCUT2D eigenvalue weighted by Crippen LogP contribution is 2.53. The first kappa shape index (κ1) is 18.3. The number of fused-ring (bicyclic) bond motifs is 1. The van der Waals surface area contributed by atoms with Crippen molar-refractivity contribution in [3.63, 3.8) is 0 Å². The van der Waals surface area contributed by atoms with E-state index in [1.165, 1.54) is 18.2 Å². The van der Waals surface area contributed by atoms with Crippen molar-refractivity contribution >= 4 is 26.6 Å². The molecule has 0 radical (unpaired) electrons. The molecular weight excluding hydrogens is 346 g/mol. The Morgan fingerprint density at radius 1 is 0.909 bits per heavy atom. The minimum atomic E-state index is -5.05. The molecule has 2 rings (SSSR count). The zero-order valence-corrected chi connectivity index (χ0v) is 12.2. The Bertz CT molecular complexity index is 794. The van der Waals surface area contributed by atoms with E-state index in [2.05, 4.69) is 4.31 Å². The summed E-state index contributed by atoms with van der Waals surface area (Å²) in [5.41, 5.74) is -0.555. The van der Waals surface area contributed by atoms with E-state index in [4.69, 9.17) is 29.1 Å². The second-order valence-corrected chi connectivity index (χ2v) is 6.28. The summed E-state index contributed by atoms with van der Waals surface area (Å²) in [5, 5.41) is 19.0. The van der Waals surface area contributed by atoms with Gasteiger partial charge in [-0.1, -0.05) is 0 Å². The van der Waals surface area contributed by atoms with Crippen LogP contribution < -0.4 is 5.63 Å². The molecule has 0 atom stereocenters. The van der Waals surface area contributed by atoms with Crippen molar-refractivity contribution in [2.45, 2.75) is 0 Å². The average Bonchev–Trinajstić information content (AvgIpc) is 2.31. The Labute approximate surface area is 121 Å². The van der Waals surface area contributed by atoms with Gasteiger partial charge in [0.1, 0.15) is 0 Å². The smallest absolute Gasteiger partial charge is 0.478 e. The van der Waals surface area contributed by atoms with Crippen LogP contribution in [0.5, 0.6) is 11.5 Å². The highest BCUT2D eigenvalue weighted by molar-refractivity contribution is 7.60. The molecule has 11 nitrogen and oxygen atoms in total. The minimum absolute atomic E-state index is 0.00694. The Kier molecular flexibility index (Phi) is 5.49. The third kappa shape index (κ3) is 5.96. The van der Waals surface area contributed by atoms with Gasteiger partial charge in [-0.05, 0) is 18.2 Å². The summed E-state index contributed by atoms with van der Waals surface area (Å²) < 4.78 is 26.9. The molecule has 0 bridgehead atoms. The first-order valence-electron chi connectivity index (χ1n) is 5.16. The van der Waals surface area contributed by atoms with Gasteiger partial charge in [0.2, 0.25) is 5.75 Å². The van der Waals surface area contributed by atoms with E-state index in [1.54, 1.807) is 6.07 Å². The molecule has 122 valence electrons. The molecule has 22 heavy (non-hydrogen) atoms. The van der Waals surface area contributed by atoms with Gasteiger partial charge in [-0.15, -0.1) is 0 Å². The van der Waals surface area contributed by atoms with E-state index in [0.29, 0.717) is 5.39 Å². The SMILES string of the molecule is O=P(O)(O)OP(=O)(O)O.O=c1ccc2ccc(O)c(O)c2o1. The fraction of sp³-hybridized carbons (Fsp3) is 0. The van der Waals surface area contributed by atoms with Crippen LogP contribution in [0.1, 0.15) is 0 Å². The number of phenols is 2. The predicted molar refractivity (Wildman–Crippen MR) is 71.0 cm³/mol. The fourth-order valence-corrected chi connectivity index (χ4v) is 2.35. The van der Waals surface area contributed by atoms with Crippen LogP contribution in [0.4, 0.5) is 0 Å². The summed E-state index contributed by atoms with van der Waals surface area (Å²) in [6, 6.07) is 5.64. The molecule has 0 spiro atoms. The number of phosphoric acid groups is 2. The van der Waals surface area contributed by atoms with Gasteiger partial charge in [-0.3, -0.25) is 0 Å². The molecular formula is C9H10O11P2. The highest BCUT2D eigenvalue weighted by Gasteiger charge is 2.27. The topological polar surface area (TPSA) is 195 Å². The lowest BCUT2D eigenvalue weighted by Gasteiger charge is -2.03. The van der Waals surface area contributed by atoms with E-state index in [9.17, 15) is 19.0 Å². The van der Waals surface area contributed by atoms with Gasteiger partial charge in [0.05, 0.1) is 0 Å². The third-order valence-electron chi connectivity index (χ3n) is 1.96. The summed E-state index contributed by atoms with van der Waals surface area (Å²) in [5.74, 6) is -0.711. The Morgan fingerprint density at radius 2 is 1.41 bits per heavy atom. The zero-order valence-electron chi connectivity index (χ0n) is 10.4. The van der Waals surface area contributed by atoms with Crippen LogP contribution in [0, 0.1) is 0 Å². The lowest BCUT2D eigenvalue weighted by Crippen LogP contribution is -1.94. The normalized spacial score (nSPS) is 11.8. The van der Waals surface area contributed by atoms with Crippen molar-refractivity contribution in [3.05, 3.63) is 34.7 Å². The molecule has 0 saturated carbocycles. The van der Waals surface area contributed by atoms with Crippen molar-refractivity contribution in [2.75, 3.05) is 0 Å². The van der Waals surface area contributed by atoms with E-state index in [1.807, 2.05) is 0 Å². The third-order valence-corrected chi connectivity index (χ3v) is 3.66. The molecule has 0 aliphatic heterocycles. The van der Waals surface area contributed by atoms with E-state index in [-0.39, 0.29) is 11.3 Å². The second kappa shape index (κ2) is 6.59. The largest absolute Gasteiger partial charge is 0.504 e. The van der Waals surface area contributed by atoms with Crippen LogP contribution in [0.25, 0.3) is 11.0 Å². The van der Waals surface area contributed by atoms with Gasteiger partial charge >= 0.3 is 21.3 Å². The van der Waals surface area contributed by atoms with Gasteiger partial charge in [0.25, 0.3) is 0 Å². The van der Waals surface area contributed by atoms with Crippen molar-refractivity contribution in [1.29, 1.82) is 0 Å². The molecule has 1 heterocycles. The molecule has 1 aromatic heterocycles. The molecule has 2 aromatic rings. The Morgan fingerprint density at radius 3 is 1.86 bits per heavy atom. The van der Waals surface area contributed by atoms with Crippen LogP contribution in [0.2, 0.25) is 0 Å².